The smallest absolute Gasteiger partial charge is 0.195 e. The van der Waals surface area contributed by atoms with Gasteiger partial charge in [0.15, 0.2) is 5.43 Å². The molecule has 2 aromatic carbocycles. The normalized spacial score (nSPS) is 14.7. The Balaban J connectivity index is 2.21. The van der Waals surface area contributed by atoms with Crippen molar-refractivity contribution in [2.75, 3.05) is 6.61 Å². The molecule has 0 bridgehead atoms. The van der Waals surface area contributed by atoms with Crippen LogP contribution in [0.1, 0.15) is 11.3 Å². The molecule has 0 saturated heterocycles. The van der Waals surface area contributed by atoms with Crippen LogP contribution in [0.4, 0.5) is 0 Å². The lowest BCUT2D eigenvalue weighted by molar-refractivity contribution is 0.109. The van der Waals surface area contributed by atoms with E-state index in [0.717, 1.165) is 39.4 Å². The van der Waals surface area contributed by atoms with E-state index in [2.05, 4.69) is 17.1 Å². The van der Waals surface area contributed by atoms with Crippen molar-refractivity contribution in [3.8, 4) is 0 Å². The third-order valence-electron chi connectivity index (χ3n) is 3.83. The highest BCUT2D eigenvalue weighted by atomic mass is 16.5. The van der Waals surface area contributed by atoms with Gasteiger partial charge in [0, 0.05) is 28.5 Å². The summed E-state index contributed by atoms with van der Waals surface area (Å²) in [7, 11) is 0. The van der Waals surface area contributed by atoms with E-state index in [0.29, 0.717) is 13.2 Å². The van der Waals surface area contributed by atoms with Crippen LogP contribution in [0.25, 0.3) is 21.7 Å². The van der Waals surface area contributed by atoms with E-state index >= 15 is 0 Å². The van der Waals surface area contributed by atoms with Crippen molar-refractivity contribution in [3.63, 3.8) is 0 Å². The van der Waals surface area contributed by atoms with Gasteiger partial charge in [-0.15, -0.1) is 0 Å². The molecule has 0 saturated carbocycles. The lowest BCUT2D eigenvalue weighted by Crippen LogP contribution is -2.21. The van der Waals surface area contributed by atoms with E-state index in [-0.39, 0.29) is 5.43 Å². The number of aromatic nitrogens is 1. The van der Waals surface area contributed by atoms with Crippen molar-refractivity contribution in [2.45, 2.75) is 13.0 Å². The first-order chi connectivity index (χ1) is 9.34. The van der Waals surface area contributed by atoms with E-state index in [4.69, 9.17) is 4.74 Å². The van der Waals surface area contributed by atoms with Crippen molar-refractivity contribution >= 4 is 21.7 Å². The van der Waals surface area contributed by atoms with E-state index < -0.39 is 0 Å². The number of aromatic amines is 1. The lowest BCUT2D eigenvalue weighted by Gasteiger charge is -2.17. The molecule has 1 aliphatic heterocycles. The second-order valence-electron chi connectivity index (χ2n) is 4.92. The van der Waals surface area contributed by atoms with Crippen LogP contribution in [0.5, 0.6) is 0 Å². The second-order valence-corrected chi connectivity index (χ2v) is 4.92. The Bertz CT molecular complexity index is 848. The highest BCUT2D eigenvalue weighted by Crippen LogP contribution is 2.24. The van der Waals surface area contributed by atoms with Gasteiger partial charge >= 0.3 is 0 Å². The third kappa shape index (κ3) is 1.52. The fourth-order valence-electron chi connectivity index (χ4n) is 2.84. The topological polar surface area (TPSA) is 42.1 Å². The van der Waals surface area contributed by atoms with Gasteiger partial charge < -0.3 is 9.72 Å². The molecule has 4 rings (SSSR count). The van der Waals surface area contributed by atoms with Gasteiger partial charge in [0.1, 0.15) is 0 Å². The van der Waals surface area contributed by atoms with Crippen LogP contribution in [0.2, 0.25) is 0 Å². The van der Waals surface area contributed by atoms with E-state index in [1.54, 1.807) is 0 Å². The van der Waals surface area contributed by atoms with Crippen LogP contribution in [0, 0.1) is 0 Å². The summed E-state index contributed by atoms with van der Waals surface area (Å²) >= 11 is 0. The molecule has 0 atom stereocenters. The van der Waals surface area contributed by atoms with E-state index in [1.807, 2.05) is 24.3 Å². The SMILES string of the molecule is O=c1c2c([nH]c3c1ccc1ccccc13)CCOC2. The molecule has 1 N–H and O–H groups in total. The third-order valence-corrected chi connectivity index (χ3v) is 3.83. The number of ether oxygens (including phenoxy) is 1. The van der Waals surface area contributed by atoms with Crippen molar-refractivity contribution < 1.29 is 4.74 Å². The summed E-state index contributed by atoms with van der Waals surface area (Å²) in [6.07, 6.45) is 0.781. The molecule has 0 aliphatic carbocycles. The minimum absolute atomic E-state index is 0.106. The number of H-pyrrole nitrogens is 1. The van der Waals surface area contributed by atoms with Gasteiger partial charge in [-0.25, -0.2) is 0 Å². The Morgan fingerprint density at radius 3 is 2.89 bits per heavy atom. The zero-order valence-electron chi connectivity index (χ0n) is 10.4. The maximum atomic E-state index is 12.5. The first kappa shape index (κ1) is 10.8. The first-order valence-corrected chi connectivity index (χ1v) is 6.48. The highest BCUT2D eigenvalue weighted by Gasteiger charge is 2.16. The average molecular weight is 251 g/mol. The van der Waals surface area contributed by atoms with Crippen LogP contribution in [-0.4, -0.2) is 11.6 Å². The standard InChI is InChI=1S/C16H13NO2/c18-16-12-6-5-10-3-1-2-4-11(10)15(12)17-14-7-8-19-9-13(14)16/h1-6H,7-9H2,(H,17,18). The fourth-order valence-corrected chi connectivity index (χ4v) is 2.84. The van der Waals surface area contributed by atoms with E-state index in [1.165, 1.54) is 0 Å². The minimum Gasteiger partial charge on any atom is -0.376 e. The summed E-state index contributed by atoms with van der Waals surface area (Å²) in [5, 5.41) is 3.01. The molecule has 0 amide bonds. The molecule has 2 heterocycles. The van der Waals surface area contributed by atoms with Crippen molar-refractivity contribution in [1.82, 2.24) is 4.98 Å². The Kier molecular flexibility index (Phi) is 2.23. The fraction of sp³-hybridized carbons (Fsp3) is 0.188. The van der Waals surface area contributed by atoms with Gasteiger partial charge in [-0.3, -0.25) is 4.79 Å². The maximum Gasteiger partial charge on any atom is 0.195 e. The summed E-state index contributed by atoms with van der Waals surface area (Å²) in [5.74, 6) is 0. The second kappa shape index (κ2) is 3.93. The number of benzene rings is 2. The number of pyridine rings is 1. The van der Waals surface area contributed by atoms with Crippen LogP contribution in [0.3, 0.4) is 0 Å². The van der Waals surface area contributed by atoms with Gasteiger partial charge in [0.05, 0.1) is 18.7 Å². The van der Waals surface area contributed by atoms with Crippen molar-refractivity contribution in [2.24, 2.45) is 0 Å². The van der Waals surface area contributed by atoms with Gasteiger partial charge in [-0.2, -0.15) is 0 Å². The summed E-state index contributed by atoms with van der Waals surface area (Å²) < 4.78 is 5.39. The monoisotopic (exact) mass is 251 g/mol. The number of nitrogens with one attached hydrogen (secondary N) is 1. The predicted molar refractivity (Wildman–Crippen MR) is 75.4 cm³/mol. The van der Waals surface area contributed by atoms with Gasteiger partial charge in [0.25, 0.3) is 0 Å². The van der Waals surface area contributed by atoms with Crippen molar-refractivity contribution in [3.05, 3.63) is 57.9 Å². The van der Waals surface area contributed by atoms with Gasteiger partial charge in [0.2, 0.25) is 0 Å². The largest absolute Gasteiger partial charge is 0.376 e. The van der Waals surface area contributed by atoms with Crippen LogP contribution in [0.15, 0.2) is 41.2 Å². The Morgan fingerprint density at radius 2 is 1.95 bits per heavy atom. The molecular formula is C16H13NO2. The van der Waals surface area contributed by atoms with E-state index in [9.17, 15) is 4.79 Å². The molecule has 1 aromatic heterocycles. The molecule has 3 nitrogen and oxygen atoms in total. The number of hydrogen-bond donors (Lipinski definition) is 1. The lowest BCUT2D eigenvalue weighted by atomic mass is 10.0. The molecule has 1 aliphatic rings. The quantitative estimate of drug-likeness (QED) is 0.624. The molecule has 0 unspecified atom stereocenters. The Hall–Kier alpha value is -2.13. The molecule has 0 radical (unpaired) electrons. The first-order valence-electron chi connectivity index (χ1n) is 6.48. The number of hydrogen-bond acceptors (Lipinski definition) is 2. The summed E-state index contributed by atoms with van der Waals surface area (Å²) in [6, 6.07) is 12.0. The zero-order valence-corrected chi connectivity index (χ0v) is 10.4. The summed E-state index contributed by atoms with van der Waals surface area (Å²) in [4.78, 5) is 16.0. The Labute approximate surface area is 109 Å². The van der Waals surface area contributed by atoms with Crippen LogP contribution in [-0.2, 0) is 17.8 Å². The number of rotatable bonds is 0. The summed E-state index contributed by atoms with van der Waals surface area (Å²) in [5.41, 5.74) is 2.87. The number of fused-ring (bicyclic) bond motifs is 4. The molecule has 0 fully saturated rings. The molecule has 94 valence electrons. The van der Waals surface area contributed by atoms with Gasteiger partial charge in [-0.1, -0.05) is 30.3 Å². The maximum absolute atomic E-state index is 12.5. The molecular weight excluding hydrogens is 238 g/mol. The Morgan fingerprint density at radius 1 is 1.05 bits per heavy atom. The summed E-state index contributed by atoms with van der Waals surface area (Å²) in [6.45, 7) is 1.10. The predicted octanol–water partition coefficient (Wildman–Crippen LogP) is 2.75. The average Bonchev–Trinajstić information content (AvgIpc) is 2.47. The highest BCUT2D eigenvalue weighted by molar-refractivity contribution is 6.05. The van der Waals surface area contributed by atoms with Gasteiger partial charge in [-0.05, 0) is 11.5 Å². The molecule has 3 heteroatoms. The van der Waals surface area contributed by atoms with Crippen LogP contribution < -0.4 is 5.43 Å². The molecule has 19 heavy (non-hydrogen) atoms. The molecule has 0 spiro atoms. The molecule has 3 aromatic rings. The van der Waals surface area contributed by atoms with Crippen molar-refractivity contribution in [1.29, 1.82) is 0 Å². The zero-order chi connectivity index (χ0) is 12.8. The van der Waals surface area contributed by atoms with Crippen LogP contribution >= 0.6 is 0 Å². The minimum atomic E-state index is 0.106.